The molecule has 0 bridgehead atoms. The van der Waals surface area contributed by atoms with Crippen LogP contribution in [0.2, 0.25) is 0 Å². The average molecular weight is 223 g/mol. The molecule has 1 rings (SSSR count). The lowest BCUT2D eigenvalue weighted by atomic mass is 9.99. The predicted molar refractivity (Wildman–Crippen MR) is 60.3 cm³/mol. The third-order valence-corrected chi connectivity index (χ3v) is 2.96. The number of hydrogen-bond donors (Lipinski definition) is 0. The van der Waals surface area contributed by atoms with Crippen molar-refractivity contribution in [2.45, 2.75) is 38.7 Å². The summed E-state index contributed by atoms with van der Waals surface area (Å²) < 4.78 is 18.0. The molecule has 0 aromatic heterocycles. The second-order valence-corrected chi connectivity index (χ2v) is 4.55. The van der Waals surface area contributed by atoms with Gasteiger partial charge in [-0.05, 0) is 50.8 Å². The Morgan fingerprint density at radius 1 is 1.40 bits per heavy atom. The summed E-state index contributed by atoms with van der Waals surface area (Å²) in [6.45, 7) is 4.04. The van der Waals surface area contributed by atoms with E-state index in [0.29, 0.717) is 0 Å². The highest BCUT2D eigenvalue weighted by atomic mass is 28.2. The van der Waals surface area contributed by atoms with E-state index >= 15 is 0 Å². The predicted octanol–water partition coefficient (Wildman–Crippen LogP) is 3.03. The first-order valence-electron chi connectivity index (χ1n) is 5.13. The van der Waals surface area contributed by atoms with Crippen LogP contribution in [0, 0.1) is 5.82 Å². The van der Waals surface area contributed by atoms with Crippen LogP contribution in [-0.2, 0) is 10.8 Å². The summed E-state index contributed by atoms with van der Waals surface area (Å²) >= 11 is 0. The Labute approximate surface area is 94.2 Å². The van der Waals surface area contributed by atoms with Crippen molar-refractivity contribution in [3.8, 4) is 0 Å². The van der Waals surface area contributed by atoms with Crippen molar-refractivity contribution >= 4 is 10.5 Å². The van der Waals surface area contributed by atoms with Gasteiger partial charge in [-0.2, -0.15) is 0 Å². The summed E-state index contributed by atoms with van der Waals surface area (Å²) in [6.07, 6.45) is 2.81. The van der Waals surface area contributed by atoms with Crippen molar-refractivity contribution < 1.29 is 8.82 Å². The van der Waals surface area contributed by atoms with Gasteiger partial charge in [0.05, 0.1) is 0 Å². The highest BCUT2D eigenvalue weighted by Gasteiger charge is 2.14. The van der Waals surface area contributed by atoms with E-state index in [1.807, 2.05) is 19.9 Å². The molecule has 0 aliphatic heterocycles. The van der Waals surface area contributed by atoms with Crippen LogP contribution in [0.5, 0.6) is 0 Å². The molecule has 0 atom stereocenters. The second kappa shape index (κ2) is 5.42. The van der Waals surface area contributed by atoms with Gasteiger partial charge in [-0.15, -0.1) is 0 Å². The Hall–Kier alpha value is -0.673. The molecule has 0 spiro atoms. The quantitative estimate of drug-likeness (QED) is 0.697. The zero-order valence-electron chi connectivity index (χ0n) is 9.22. The molecule has 3 radical (unpaired) electrons. The third-order valence-electron chi connectivity index (χ3n) is 2.41. The zero-order valence-corrected chi connectivity index (χ0v) is 10.2. The van der Waals surface area contributed by atoms with Crippen LogP contribution in [0.25, 0.3) is 0 Å². The van der Waals surface area contributed by atoms with Crippen molar-refractivity contribution in [2.24, 2.45) is 0 Å². The standard InChI is InChI=1S/C12H16FOSi/c1-12(2,14-15)8-4-6-10-5-3-7-11(13)9-10/h3,5,7,9H,4,6,8H2,1-2H3. The van der Waals surface area contributed by atoms with Crippen molar-refractivity contribution in [1.82, 2.24) is 0 Å². The van der Waals surface area contributed by atoms with Gasteiger partial charge in [0.1, 0.15) is 5.82 Å². The fourth-order valence-electron chi connectivity index (χ4n) is 1.46. The Bertz CT molecular complexity index is 312. The summed E-state index contributed by atoms with van der Waals surface area (Å²) in [6, 6.07) is 6.75. The first-order chi connectivity index (χ1) is 7.03. The van der Waals surface area contributed by atoms with Gasteiger partial charge < -0.3 is 4.43 Å². The van der Waals surface area contributed by atoms with E-state index in [9.17, 15) is 4.39 Å². The second-order valence-electron chi connectivity index (χ2n) is 4.35. The molecule has 0 unspecified atom stereocenters. The van der Waals surface area contributed by atoms with E-state index in [2.05, 4.69) is 10.5 Å². The van der Waals surface area contributed by atoms with Crippen molar-refractivity contribution in [2.75, 3.05) is 0 Å². The van der Waals surface area contributed by atoms with Crippen LogP contribution in [0.1, 0.15) is 32.3 Å². The molecule has 1 nitrogen and oxygen atoms in total. The van der Waals surface area contributed by atoms with Gasteiger partial charge in [0.15, 0.2) is 0 Å². The van der Waals surface area contributed by atoms with Crippen LogP contribution < -0.4 is 0 Å². The van der Waals surface area contributed by atoms with Gasteiger partial charge in [0, 0.05) is 5.60 Å². The minimum Gasteiger partial charge on any atom is -0.414 e. The van der Waals surface area contributed by atoms with Gasteiger partial charge in [0.2, 0.25) is 10.5 Å². The maximum absolute atomic E-state index is 12.9. The molecular formula is C12H16FOSi. The SMILES string of the molecule is CC(C)(CCCc1cccc(F)c1)O[Si]. The maximum Gasteiger partial charge on any atom is 0.246 e. The molecule has 0 saturated carbocycles. The summed E-state index contributed by atoms with van der Waals surface area (Å²) in [5.74, 6) is -0.164. The largest absolute Gasteiger partial charge is 0.414 e. The first kappa shape index (κ1) is 12.4. The van der Waals surface area contributed by atoms with Crippen LogP contribution in [0.3, 0.4) is 0 Å². The number of aryl methyl sites for hydroxylation is 1. The van der Waals surface area contributed by atoms with Gasteiger partial charge in [0.25, 0.3) is 0 Å². The van der Waals surface area contributed by atoms with Gasteiger partial charge in [-0.3, -0.25) is 0 Å². The van der Waals surface area contributed by atoms with Crippen LogP contribution in [0.4, 0.5) is 4.39 Å². The van der Waals surface area contributed by atoms with E-state index in [4.69, 9.17) is 4.43 Å². The van der Waals surface area contributed by atoms with Gasteiger partial charge in [-0.1, -0.05) is 12.1 Å². The van der Waals surface area contributed by atoms with E-state index in [1.165, 1.54) is 6.07 Å². The van der Waals surface area contributed by atoms with Crippen molar-refractivity contribution in [3.63, 3.8) is 0 Å². The highest BCUT2D eigenvalue weighted by molar-refractivity contribution is 5.98. The Morgan fingerprint density at radius 3 is 2.73 bits per heavy atom. The molecular weight excluding hydrogens is 207 g/mol. The molecule has 0 aliphatic carbocycles. The van der Waals surface area contributed by atoms with Gasteiger partial charge in [-0.25, -0.2) is 4.39 Å². The maximum atomic E-state index is 12.9. The summed E-state index contributed by atoms with van der Waals surface area (Å²) in [7, 11) is 3.06. The molecule has 0 aliphatic rings. The Kier molecular flexibility index (Phi) is 4.48. The minimum atomic E-state index is -0.164. The lowest BCUT2D eigenvalue weighted by Crippen LogP contribution is -2.22. The molecule has 15 heavy (non-hydrogen) atoms. The van der Waals surface area contributed by atoms with Gasteiger partial charge >= 0.3 is 0 Å². The fraction of sp³-hybridized carbons (Fsp3) is 0.500. The fourth-order valence-corrected chi connectivity index (χ4v) is 1.56. The molecule has 0 N–H and O–H groups in total. The number of halogens is 1. The molecule has 3 heteroatoms. The zero-order chi connectivity index (χ0) is 11.3. The molecule has 0 saturated heterocycles. The van der Waals surface area contributed by atoms with Crippen molar-refractivity contribution in [1.29, 1.82) is 0 Å². The topological polar surface area (TPSA) is 9.23 Å². The summed E-state index contributed by atoms with van der Waals surface area (Å²) in [4.78, 5) is 0. The van der Waals surface area contributed by atoms with E-state index in [1.54, 1.807) is 12.1 Å². The van der Waals surface area contributed by atoms with E-state index in [0.717, 1.165) is 24.8 Å². The van der Waals surface area contributed by atoms with Crippen LogP contribution in [0.15, 0.2) is 24.3 Å². The van der Waals surface area contributed by atoms with Crippen molar-refractivity contribution in [3.05, 3.63) is 35.6 Å². The molecule has 81 valence electrons. The summed E-state index contributed by atoms with van der Waals surface area (Å²) in [5.41, 5.74) is 0.879. The normalized spacial score (nSPS) is 11.7. The smallest absolute Gasteiger partial charge is 0.246 e. The molecule has 1 aromatic carbocycles. The highest BCUT2D eigenvalue weighted by Crippen LogP contribution is 2.17. The monoisotopic (exact) mass is 223 g/mol. The average Bonchev–Trinajstić information content (AvgIpc) is 2.18. The first-order valence-corrected chi connectivity index (χ1v) is 5.53. The Balaban J connectivity index is 2.38. The lowest BCUT2D eigenvalue weighted by Gasteiger charge is -2.22. The van der Waals surface area contributed by atoms with Crippen LogP contribution in [-0.4, -0.2) is 16.1 Å². The molecule has 0 heterocycles. The number of benzene rings is 1. The lowest BCUT2D eigenvalue weighted by molar-refractivity contribution is 0.110. The molecule has 0 fully saturated rings. The van der Waals surface area contributed by atoms with Crippen LogP contribution >= 0.6 is 0 Å². The third kappa shape index (κ3) is 4.58. The Morgan fingerprint density at radius 2 is 2.13 bits per heavy atom. The minimum absolute atomic E-state index is 0.162. The number of rotatable bonds is 5. The molecule has 0 amide bonds. The number of hydrogen-bond acceptors (Lipinski definition) is 1. The van der Waals surface area contributed by atoms with E-state index in [-0.39, 0.29) is 11.4 Å². The molecule has 1 aromatic rings. The summed E-state index contributed by atoms with van der Waals surface area (Å²) in [5, 5.41) is 0. The van der Waals surface area contributed by atoms with E-state index < -0.39 is 0 Å².